The Labute approximate surface area is 149 Å². The number of pyridine rings is 1. The number of rotatable bonds is 4. The zero-order chi connectivity index (χ0) is 17.3. The summed E-state index contributed by atoms with van der Waals surface area (Å²) in [5.74, 6) is 1.99. The molecule has 1 aliphatic rings. The molecule has 0 saturated carbocycles. The molecule has 1 atom stereocenters. The van der Waals surface area contributed by atoms with Crippen molar-refractivity contribution in [2.24, 2.45) is 5.92 Å². The summed E-state index contributed by atoms with van der Waals surface area (Å²) < 4.78 is 7.63. The van der Waals surface area contributed by atoms with E-state index in [4.69, 9.17) is 4.74 Å². The summed E-state index contributed by atoms with van der Waals surface area (Å²) in [6.07, 6.45) is 7.93. The van der Waals surface area contributed by atoms with Crippen molar-refractivity contribution in [1.82, 2.24) is 29.5 Å². The van der Waals surface area contributed by atoms with Crippen LogP contribution in [0.25, 0.3) is 16.7 Å². The third kappa shape index (κ3) is 2.69. The first-order valence-electron chi connectivity index (χ1n) is 8.61. The SMILES string of the molecule is c1cnc2ncnc(N3CCC(COc4ccc5nccn5n4)C3)c2c1. The fourth-order valence-electron chi connectivity index (χ4n) is 3.37. The molecule has 5 heterocycles. The van der Waals surface area contributed by atoms with E-state index in [0.29, 0.717) is 18.4 Å². The summed E-state index contributed by atoms with van der Waals surface area (Å²) in [4.78, 5) is 19.5. The summed E-state index contributed by atoms with van der Waals surface area (Å²) in [7, 11) is 0. The molecule has 4 aromatic heterocycles. The van der Waals surface area contributed by atoms with Gasteiger partial charge in [-0.1, -0.05) is 0 Å². The van der Waals surface area contributed by atoms with Gasteiger partial charge in [-0.05, 0) is 24.6 Å². The van der Waals surface area contributed by atoms with Crippen molar-refractivity contribution in [2.45, 2.75) is 6.42 Å². The van der Waals surface area contributed by atoms with Crippen LogP contribution in [0, 0.1) is 5.92 Å². The maximum absolute atomic E-state index is 5.91. The quantitative estimate of drug-likeness (QED) is 0.558. The fraction of sp³-hybridized carbons (Fsp3) is 0.278. The van der Waals surface area contributed by atoms with E-state index < -0.39 is 0 Å². The molecule has 1 unspecified atom stereocenters. The molecular weight excluding hydrogens is 330 g/mol. The molecule has 0 aromatic carbocycles. The first-order chi connectivity index (χ1) is 12.9. The van der Waals surface area contributed by atoms with Crippen LogP contribution in [0.15, 0.2) is 49.2 Å². The molecule has 4 aromatic rings. The van der Waals surface area contributed by atoms with Crippen LogP contribution in [-0.4, -0.2) is 49.2 Å². The van der Waals surface area contributed by atoms with Gasteiger partial charge in [-0.15, -0.1) is 5.10 Å². The molecule has 1 fully saturated rings. The van der Waals surface area contributed by atoms with Crippen LogP contribution in [0.1, 0.15) is 6.42 Å². The molecule has 8 nitrogen and oxygen atoms in total. The lowest BCUT2D eigenvalue weighted by Gasteiger charge is -2.18. The van der Waals surface area contributed by atoms with Crippen LogP contribution >= 0.6 is 0 Å². The predicted molar refractivity (Wildman–Crippen MR) is 96.1 cm³/mol. The van der Waals surface area contributed by atoms with Crippen molar-refractivity contribution in [2.75, 3.05) is 24.6 Å². The number of ether oxygens (including phenoxy) is 1. The lowest BCUT2D eigenvalue weighted by Crippen LogP contribution is -2.23. The predicted octanol–water partition coefficient (Wildman–Crippen LogP) is 1.97. The Morgan fingerprint density at radius 1 is 1.08 bits per heavy atom. The smallest absolute Gasteiger partial charge is 0.231 e. The highest BCUT2D eigenvalue weighted by Crippen LogP contribution is 2.27. The van der Waals surface area contributed by atoms with E-state index in [2.05, 4.69) is 29.9 Å². The van der Waals surface area contributed by atoms with Crippen LogP contribution in [0.2, 0.25) is 0 Å². The van der Waals surface area contributed by atoms with Gasteiger partial charge in [0.25, 0.3) is 0 Å². The molecule has 0 spiro atoms. The number of aromatic nitrogens is 6. The molecule has 26 heavy (non-hydrogen) atoms. The maximum atomic E-state index is 5.91. The molecule has 0 aliphatic carbocycles. The van der Waals surface area contributed by atoms with E-state index in [1.807, 2.05) is 30.5 Å². The molecule has 130 valence electrons. The Morgan fingerprint density at radius 2 is 2.08 bits per heavy atom. The largest absolute Gasteiger partial charge is 0.476 e. The average molecular weight is 347 g/mol. The van der Waals surface area contributed by atoms with Crippen molar-refractivity contribution >= 4 is 22.5 Å². The highest BCUT2D eigenvalue weighted by Gasteiger charge is 2.25. The van der Waals surface area contributed by atoms with Crippen LogP contribution in [0.4, 0.5) is 5.82 Å². The van der Waals surface area contributed by atoms with Crippen molar-refractivity contribution in [3.05, 3.63) is 49.2 Å². The van der Waals surface area contributed by atoms with Crippen LogP contribution in [0.3, 0.4) is 0 Å². The van der Waals surface area contributed by atoms with Gasteiger partial charge in [0.2, 0.25) is 5.88 Å². The number of nitrogens with zero attached hydrogens (tertiary/aromatic N) is 7. The zero-order valence-corrected chi connectivity index (χ0v) is 14.1. The second-order valence-electron chi connectivity index (χ2n) is 6.39. The van der Waals surface area contributed by atoms with Gasteiger partial charge in [0.15, 0.2) is 11.3 Å². The Hall–Kier alpha value is -3.29. The summed E-state index contributed by atoms with van der Waals surface area (Å²) in [6, 6.07) is 7.71. The molecule has 0 radical (unpaired) electrons. The molecule has 5 rings (SSSR count). The minimum absolute atomic E-state index is 0.428. The van der Waals surface area contributed by atoms with Gasteiger partial charge >= 0.3 is 0 Å². The lowest BCUT2D eigenvalue weighted by atomic mass is 10.1. The number of anilines is 1. The summed E-state index contributed by atoms with van der Waals surface area (Å²) in [6.45, 7) is 2.47. The second-order valence-corrected chi connectivity index (χ2v) is 6.39. The van der Waals surface area contributed by atoms with Crippen molar-refractivity contribution in [1.29, 1.82) is 0 Å². The normalized spacial score (nSPS) is 17.2. The van der Waals surface area contributed by atoms with Crippen LogP contribution in [0.5, 0.6) is 5.88 Å². The molecule has 0 bridgehead atoms. The highest BCUT2D eigenvalue weighted by atomic mass is 16.5. The Bertz CT molecular complexity index is 1060. The standard InChI is InChI=1S/C18H17N7O/c1-2-14-17(20-6-1)21-12-22-18(14)24-8-5-13(10-24)11-26-16-4-3-15-19-7-9-25(15)23-16/h1-4,6-7,9,12-13H,5,8,10-11H2. The zero-order valence-electron chi connectivity index (χ0n) is 14.1. The molecule has 0 N–H and O–H groups in total. The van der Waals surface area contributed by atoms with Crippen LogP contribution in [-0.2, 0) is 0 Å². The molecule has 1 aliphatic heterocycles. The van der Waals surface area contributed by atoms with E-state index in [-0.39, 0.29) is 0 Å². The minimum atomic E-state index is 0.428. The lowest BCUT2D eigenvalue weighted by molar-refractivity contribution is 0.249. The maximum Gasteiger partial charge on any atom is 0.231 e. The van der Waals surface area contributed by atoms with E-state index >= 15 is 0 Å². The van der Waals surface area contributed by atoms with Gasteiger partial charge in [-0.2, -0.15) is 0 Å². The van der Waals surface area contributed by atoms with Crippen molar-refractivity contribution in [3.8, 4) is 5.88 Å². The van der Waals surface area contributed by atoms with Crippen LogP contribution < -0.4 is 9.64 Å². The number of fused-ring (bicyclic) bond motifs is 2. The molecule has 1 saturated heterocycles. The van der Waals surface area contributed by atoms with Gasteiger partial charge in [0.1, 0.15) is 12.1 Å². The van der Waals surface area contributed by atoms with E-state index in [9.17, 15) is 0 Å². The highest BCUT2D eigenvalue weighted by molar-refractivity contribution is 5.86. The van der Waals surface area contributed by atoms with E-state index in [0.717, 1.165) is 42.0 Å². The summed E-state index contributed by atoms with van der Waals surface area (Å²) in [5, 5.41) is 5.39. The van der Waals surface area contributed by atoms with Gasteiger partial charge in [0.05, 0.1) is 12.0 Å². The third-order valence-corrected chi connectivity index (χ3v) is 4.67. The van der Waals surface area contributed by atoms with E-state index in [1.165, 1.54) is 0 Å². The first-order valence-corrected chi connectivity index (χ1v) is 8.61. The molecular formula is C18H17N7O. The molecule has 0 amide bonds. The summed E-state index contributed by atoms with van der Waals surface area (Å²) in [5.41, 5.74) is 1.55. The second kappa shape index (κ2) is 6.21. The van der Waals surface area contributed by atoms with E-state index in [1.54, 1.807) is 23.2 Å². The third-order valence-electron chi connectivity index (χ3n) is 4.67. The van der Waals surface area contributed by atoms with Gasteiger partial charge < -0.3 is 9.64 Å². The molecule has 8 heteroatoms. The fourth-order valence-corrected chi connectivity index (χ4v) is 3.37. The van der Waals surface area contributed by atoms with Gasteiger partial charge in [0, 0.05) is 43.7 Å². The number of imidazole rings is 1. The Balaban J connectivity index is 1.28. The Kier molecular flexibility index (Phi) is 3.59. The summed E-state index contributed by atoms with van der Waals surface area (Å²) >= 11 is 0. The Morgan fingerprint density at radius 3 is 3.08 bits per heavy atom. The number of hydrogen-bond donors (Lipinski definition) is 0. The van der Waals surface area contributed by atoms with Crippen molar-refractivity contribution in [3.63, 3.8) is 0 Å². The number of hydrogen-bond acceptors (Lipinski definition) is 7. The minimum Gasteiger partial charge on any atom is -0.476 e. The monoisotopic (exact) mass is 347 g/mol. The van der Waals surface area contributed by atoms with Crippen molar-refractivity contribution < 1.29 is 4.74 Å². The first kappa shape index (κ1) is 15.0. The topological polar surface area (TPSA) is 81.3 Å². The van der Waals surface area contributed by atoms with Gasteiger partial charge in [-0.25, -0.2) is 24.5 Å². The van der Waals surface area contributed by atoms with Gasteiger partial charge in [-0.3, -0.25) is 0 Å². The average Bonchev–Trinajstić information content (AvgIpc) is 3.35.